The smallest absolute Gasteiger partial charge is 0.328 e. The molecule has 20 heavy (non-hydrogen) atoms. The molecule has 4 heteroatoms. The van der Waals surface area contributed by atoms with E-state index in [9.17, 15) is 9.59 Å². The summed E-state index contributed by atoms with van der Waals surface area (Å²) in [4.78, 5) is 23.7. The van der Waals surface area contributed by atoms with Crippen LogP contribution < -0.4 is 5.32 Å². The number of rotatable bonds is 3. The monoisotopic (exact) mass is 273 g/mol. The minimum atomic E-state index is -0.578. The van der Waals surface area contributed by atoms with Crippen LogP contribution in [0.5, 0.6) is 0 Å². The Bertz CT molecular complexity index is 554. The van der Waals surface area contributed by atoms with Crippen molar-refractivity contribution < 1.29 is 14.3 Å². The predicted molar refractivity (Wildman–Crippen MR) is 74.1 cm³/mol. The number of methoxy groups -OCH3 is 1. The Morgan fingerprint density at radius 3 is 2.85 bits per heavy atom. The summed E-state index contributed by atoms with van der Waals surface area (Å²) in [6, 6.07) is 7.78. The van der Waals surface area contributed by atoms with Gasteiger partial charge in [-0.3, -0.25) is 4.79 Å². The molecule has 0 aromatic heterocycles. The predicted octanol–water partition coefficient (Wildman–Crippen LogP) is 1.64. The fourth-order valence-electron chi connectivity index (χ4n) is 3.47. The second-order valence-corrected chi connectivity index (χ2v) is 5.71. The van der Waals surface area contributed by atoms with Crippen LogP contribution in [-0.2, 0) is 20.7 Å². The van der Waals surface area contributed by atoms with Crippen LogP contribution in [0, 0.1) is 11.8 Å². The molecule has 1 amide bonds. The van der Waals surface area contributed by atoms with Gasteiger partial charge in [-0.25, -0.2) is 4.79 Å². The summed E-state index contributed by atoms with van der Waals surface area (Å²) in [5, 5.41) is 2.77. The van der Waals surface area contributed by atoms with Gasteiger partial charge in [0.2, 0.25) is 5.91 Å². The summed E-state index contributed by atoms with van der Waals surface area (Å²) < 4.78 is 4.63. The fraction of sp³-hybridized carbons (Fsp3) is 0.500. The molecule has 1 aromatic rings. The summed E-state index contributed by atoms with van der Waals surface area (Å²) in [5.74, 6) is 0.377. The Morgan fingerprint density at radius 1 is 1.35 bits per heavy atom. The van der Waals surface area contributed by atoms with Crippen molar-refractivity contribution in [1.29, 1.82) is 0 Å². The van der Waals surface area contributed by atoms with Gasteiger partial charge >= 0.3 is 5.97 Å². The Morgan fingerprint density at radius 2 is 2.10 bits per heavy atom. The highest BCUT2D eigenvalue weighted by molar-refractivity contribution is 5.88. The van der Waals surface area contributed by atoms with E-state index in [0.29, 0.717) is 11.8 Å². The second-order valence-electron chi connectivity index (χ2n) is 5.71. The van der Waals surface area contributed by atoms with Crippen LogP contribution in [-0.4, -0.2) is 25.0 Å². The molecule has 3 rings (SSSR count). The van der Waals surface area contributed by atoms with Gasteiger partial charge in [-0.05, 0) is 42.7 Å². The number of hydrogen-bond donors (Lipinski definition) is 1. The lowest BCUT2D eigenvalue weighted by Crippen LogP contribution is -2.40. The van der Waals surface area contributed by atoms with E-state index in [0.717, 1.165) is 12.8 Å². The van der Waals surface area contributed by atoms with E-state index in [-0.39, 0.29) is 11.8 Å². The van der Waals surface area contributed by atoms with E-state index in [1.165, 1.54) is 18.2 Å². The Hall–Kier alpha value is -1.84. The zero-order valence-corrected chi connectivity index (χ0v) is 11.8. The number of carbonyl (C=O) groups is 2. The summed E-state index contributed by atoms with van der Waals surface area (Å²) in [6.07, 6.45) is 2.11. The number of carbonyl (C=O) groups excluding carboxylic acids is 2. The van der Waals surface area contributed by atoms with Crippen molar-refractivity contribution in [1.82, 2.24) is 5.32 Å². The fourth-order valence-corrected chi connectivity index (χ4v) is 3.47. The first-order valence-electron chi connectivity index (χ1n) is 7.09. The molecule has 1 N–H and O–H groups in total. The molecule has 0 aliphatic heterocycles. The summed E-state index contributed by atoms with van der Waals surface area (Å²) in [5.41, 5.74) is 2.68. The van der Waals surface area contributed by atoms with E-state index in [2.05, 4.69) is 28.3 Å². The van der Waals surface area contributed by atoms with E-state index in [4.69, 9.17) is 0 Å². The molecule has 4 nitrogen and oxygen atoms in total. The second kappa shape index (κ2) is 4.93. The quantitative estimate of drug-likeness (QED) is 0.852. The van der Waals surface area contributed by atoms with Crippen LogP contribution in [0.25, 0.3) is 0 Å². The topological polar surface area (TPSA) is 55.4 Å². The molecule has 0 radical (unpaired) electrons. The summed E-state index contributed by atoms with van der Waals surface area (Å²) in [7, 11) is 1.33. The molecular weight excluding hydrogens is 254 g/mol. The van der Waals surface area contributed by atoms with Crippen LogP contribution in [0.2, 0.25) is 0 Å². The molecule has 0 spiro atoms. The zero-order valence-electron chi connectivity index (χ0n) is 11.8. The standard InChI is InChI=1S/C16H19NO3/c1-9(16(19)20-2)17-15(18)14-12-8-7-10-5-3-4-6-11(10)13(12)14/h3-6,9,12-14H,7-8H2,1-2H3,(H,17,18). The Kier molecular flexibility index (Phi) is 3.24. The minimum Gasteiger partial charge on any atom is -0.467 e. The lowest BCUT2D eigenvalue weighted by atomic mass is 9.92. The molecule has 1 fully saturated rings. The van der Waals surface area contributed by atoms with Crippen LogP contribution in [0.4, 0.5) is 0 Å². The minimum absolute atomic E-state index is 0.0189. The summed E-state index contributed by atoms with van der Waals surface area (Å²) in [6.45, 7) is 1.66. The van der Waals surface area contributed by atoms with Crippen molar-refractivity contribution in [2.75, 3.05) is 7.11 Å². The molecule has 4 atom stereocenters. The van der Waals surface area contributed by atoms with Gasteiger partial charge in [0.25, 0.3) is 0 Å². The van der Waals surface area contributed by atoms with Crippen LogP contribution >= 0.6 is 0 Å². The molecule has 0 bridgehead atoms. The van der Waals surface area contributed by atoms with Gasteiger partial charge in [0.05, 0.1) is 7.11 Å². The molecule has 0 heterocycles. The number of esters is 1. The highest BCUT2D eigenvalue weighted by Gasteiger charge is 2.57. The Balaban J connectivity index is 1.70. The third kappa shape index (κ3) is 2.09. The van der Waals surface area contributed by atoms with Gasteiger partial charge in [-0.15, -0.1) is 0 Å². The lowest BCUT2D eigenvalue weighted by Gasteiger charge is -2.13. The van der Waals surface area contributed by atoms with Crippen molar-refractivity contribution in [3.8, 4) is 0 Å². The van der Waals surface area contributed by atoms with Crippen LogP contribution in [0.3, 0.4) is 0 Å². The van der Waals surface area contributed by atoms with Crippen LogP contribution in [0.1, 0.15) is 30.4 Å². The van der Waals surface area contributed by atoms with Gasteiger partial charge in [-0.1, -0.05) is 24.3 Å². The maximum absolute atomic E-state index is 12.3. The zero-order chi connectivity index (χ0) is 14.3. The third-order valence-electron chi connectivity index (χ3n) is 4.55. The van der Waals surface area contributed by atoms with Gasteiger partial charge in [0.15, 0.2) is 0 Å². The van der Waals surface area contributed by atoms with E-state index < -0.39 is 12.0 Å². The molecule has 2 aliphatic carbocycles. The maximum Gasteiger partial charge on any atom is 0.328 e. The maximum atomic E-state index is 12.3. The number of ether oxygens (including phenoxy) is 1. The molecule has 1 saturated carbocycles. The number of amides is 1. The van der Waals surface area contributed by atoms with E-state index in [1.807, 2.05) is 6.07 Å². The summed E-state index contributed by atoms with van der Waals surface area (Å²) >= 11 is 0. The molecule has 4 unspecified atom stereocenters. The van der Waals surface area contributed by atoms with E-state index in [1.54, 1.807) is 6.92 Å². The average molecular weight is 273 g/mol. The third-order valence-corrected chi connectivity index (χ3v) is 4.55. The molecular formula is C16H19NO3. The van der Waals surface area contributed by atoms with Gasteiger partial charge in [-0.2, -0.15) is 0 Å². The van der Waals surface area contributed by atoms with Crippen molar-refractivity contribution >= 4 is 11.9 Å². The number of aryl methyl sites for hydroxylation is 1. The van der Waals surface area contributed by atoms with Crippen molar-refractivity contribution in [3.05, 3.63) is 35.4 Å². The first kappa shape index (κ1) is 13.2. The molecule has 106 valence electrons. The SMILES string of the molecule is COC(=O)C(C)NC(=O)C1C2CCc3ccccc3C21. The van der Waals surface area contributed by atoms with Crippen molar-refractivity contribution in [2.24, 2.45) is 11.8 Å². The number of hydrogen-bond acceptors (Lipinski definition) is 3. The van der Waals surface area contributed by atoms with Gasteiger partial charge in [0.1, 0.15) is 6.04 Å². The van der Waals surface area contributed by atoms with Gasteiger partial charge < -0.3 is 10.1 Å². The number of fused-ring (bicyclic) bond motifs is 3. The highest BCUT2D eigenvalue weighted by Crippen LogP contribution is 2.59. The molecule has 0 saturated heterocycles. The number of nitrogens with one attached hydrogen (secondary N) is 1. The average Bonchev–Trinajstić information content (AvgIpc) is 3.21. The van der Waals surface area contributed by atoms with Crippen molar-refractivity contribution in [3.63, 3.8) is 0 Å². The first-order chi connectivity index (χ1) is 9.63. The largest absolute Gasteiger partial charge is 0.467 e. The molecule has 2 aliphatic rings. The normalized spacial score (nSPS) is 27.8. The van der Waals surface area contributed by atoms with E-state index >= 15 is 0 Å². The van der Waals surface area contributed by atoms with Crippen LogP contribution in [0.15, 0.2) is 24.3 Å². The molecule has 1 aromatic carbocycles. The number of benzene rings is 1. The van der Waals surface area contributed by atoms with Crippen molar-refractivity contribution in [2.45, 2.75) is 31.7 Å². The Labute approximate surface area is 118 Å². The first-order valence-corrected chi connectivity index (χ1v) is 7.09. The lowest BCUT2D eigenvalue weighted by molar-refractivity contribution is -0.144. The van der Waals surface area contributed by atoms with Gasteiger partial charge in [0, 0.05) is 5.92 Å². The highest BCUT2D eigenvalue weighted by atomic mass is 16.5.